The van der Waals surface area contributed by atoms with Crippen LogP contribution in [0.1, 0.15) is 0 Å². The van der Waals surface area contributed by atoms with Gasteiger partial charge in [0.2, 0.25) is 0 Å². The van der Waals surface area contributed by atoms with Crippen LogP contribution in [-0.4, -0.2) is 17.6 Å². The van der Waals surface area contributed by atoms with Crippen LogP contribution < -0.4 is 43.0 Å². The Kier molecular flexibility index (Phi) is 84.8. The fourth-order valence-electron chi connectivity index (χ4n) is 0. The third-order valence-corrected chi connectivity index (χ3v) is 0.175. The van der Waals surface area contributed by atoms with Gasteiger partial charge in [0.1, 0.15) is 0 Å². The number of rotatable bonds is 1. The van der Waals surface area contributed by atoms with Crippen molar-refractivity contribution in [2.75, 3.05) is 6.54 Å². The monoisotopic (exact) mass is 236 g/mol. The average molecular weight is 237 g/mol. The van der Waals surface area contributed by atoms with Gasteiger partial charge < -0.3 is 48.1 Å². The molecule has 0 heterocycles. The summed E-state index contributed by atoms with van der Waals surface area (Å²) in [5.74, 6) is -0.968. The summed E-state index contributed by atoms with van der Waals surface area (Å²) in [6.07, 6.45) is 0. The minimum Gasteiger partial charge on any atom is -1.00 e. The number of aliphatic carboxylic acids is 1. The van der Waals surface area contributed by atoms with Gasteiger partial charge in [-0.05, 0) is 0 Å². The number of carboxylic acids is 1. The molecule has 3 nitrogen and oxygen atoms in total. The summed E-state index contributed by atoms with van der Waals surface area (Å²) in [6.45, 7) is -0.278. The van der Waals surface area contributed by atoms with E-state index in [2.05, 4.69) is 5.73 Å². The number of carboxylic acid groups (broad SMARTS) is 1. The quantitative estimate of drug-likeness (QED) is 0.445. The predicted molar refractivity (Wildman–Crippen MR) is 16.7 cm³/mol. The summed E-state index contributed by atoms with van der Waals surface area (Å²) in [5.41, 5.74) is 4.57. The molecule has 0 aliphatic carbocycles. The zero-order valence-corrected chi connectivity index (χ0v) is 7.50. The smallest absolute Gasteiger partial charge is 1.00 e. The summed E-state index contributed by atoms with van der Waals surface area (Å²) in [5, 5.41) is 7.60. The van der Waals surface area contributed by atoms with Gasteiger partial charge in [0.15, 0.2) is 0 Å². The third-order valence-electron chi connectivity index (χ3n) is 0.175. The van der Waals surface area contributed by atoms with E-state index < -0.39 is 5.97 Å². The van der Waals surface area contributed by atoms with Gasteiger partial charge in [-0.1, -0.05) is 0 Å². The van der Waals surface area contributed by atoms with Crippen molar-refractivity contribution in [1.29, 1.82) is 0 Å². The first-order valence-corrected chi connectivity index (χ1v) is 1.19. The van der Waals surface area contributed by atoms with Crippen molar-refractivity contribution in [3.05, 3.63) is 0 Å². The van der Waals surface area contributed by atoms with Gasteiger partial charge in [0.25, 0.3) is 0 Å². The number of hydrogen-bond acceptors (Lipinski definition) is 2. The zero-order valence-electron chi connectivity index (χ0n) is 4.13. The van der Waals surface area contributed by atoms with Crippen molar-refractivity contribution in [2.24, 2.45) is 5.73 Å². The first-order valence-electron chi connectivity index (χ1n) is 1.19. The molecule has 0 saturated carbocycles. The van der Waals surface area contributed by atoms with Crippen LogP contribution in [0, 0.1) is 0 Å². The maximum Gasteiger partial charge on any atom is 3.00 e. The number of hydrogen-bond donors (Lipinski definition) is 2. The standard InChI is InChI=1S/C2H5NO2.3ClH.Fe/c3-1-2(4)5;;;;/h1,3H2,(H,4,5);3*1H;/q;;;;+3/p-3. The van der Waals surface area contributed by atoms with Crippen LogP contribution in [0.2, 0.25) is 0 Å². The average Bonchev–Trinajstić information content (AvgIpc) is 1.38. The van der Waals surface area contributed by atoms with E-state index in [4.69, 9.17) is 5.11 Å². The maximum atomic E-state index is 9.24. The van der Waals surface area contributed by atoms with E-state index in [1.165, 1.54) is 0 Å². The molecule has 0 fully saturated rings. The second-order valence-electron chi connectivity index (χ2n) is 0.598. The molecule has 0 aromatic carbocycles. The van der Waals surface area contributed by atoms with Crippen molar-refractivity contribution >= 4 is 5.97 Å². The van der Waals surface area contributed by atoms with Crippen LogP contribution >= 0.6 is 0 Å². The van der Waals surface area contributed by atoms with Crippen LogP contribution in [0.15, 0.2) is 0 Å². The summed E-state index contributed by atoms with van der Waals surface area (Å²) in [6, 6.07) is 0. The van der Waals surface area contributed by atoms with Gasteiger partial charge in [-0.2, -0.15) is 0 Å². The number of halogens is 3. The van der Waals surface area contributed by atoms with Crippen LogP contribution in [0.3, 0.4) is 0 Å². The van der Waals surface area contributed by atoms with Crippen LogP contribution in [0.5, 0.6) is 0 Å². The van der Waals surface area contributed by atoms with E-state index in [0.717, 1.165) is 0 Å². The van der Waals surface area contributed by atoms with E-state index in [-0.39, 0.29) is 60.8 Å². The molecule has 0 bridgehead atoms. The number of nitrogens with two attached hydrogens (primary N) is 1. The van der Waals surface area contributed by atoms with Gasteiger partial charge in [-0.3, -0.25) is 4.79 Å². The van der Waals surface area contributed by atoms with Gasteiger partial charge in [-0.25, -0.2) is 0 Å². The fourth-order valence-corrected chi connectivity index (χ4v) is 0. The van der Waals surface area contributed by atoms with Crippen molar-refractivity contribution in [2.45, 2.75) is 0 Å². The Morgan fingerprint density at radius 1 is 1.33 bits per heavy atom. The molecule has 7 heteroatoms. The van der Waals surface area contributed by atoms with Crippen molar-refractivity contribution in [1.82, 2.24) is 0 Å². The normalized spacial score (nSPS) is 4.11. The first-order chi connectivity index (χ1) is 2.27. The van der Waals surface area contributed by atoms with Crippen LogP contribution in [0.4, 0.5) is 0 Å². The summed E-state index contributed by atoms with van der Waals surface area (Å²) in [4.78, 5) is 9.24. The molecule has 0 spiro atoms. The molecule has 0 rings (SSSR count). The molecule has 0 aromatic heterocycles. The Labute approximate surface area is 82.5 Å². The molecule has 0 aromatic rings. The molecule has 0 atom stereocenters. The topological polar surface area (TPSA) is 63.3 Å². The van der Waals surface area contributed by atoms with Gasteiger partial charge in [0.05, 0.1) is 6.54 Å². The minimum atomic E-state index is -0.968. The molecule has 59 valence electrons. The molecule has 0 saturated heterocycles. The molecule has 3 N–H and O–H groups in total. The number of carbonyl (C=O) groups is 1. The molecule has 0 aliphatic rings. The van der Waals surface area contributed by atoms with Gasteiger partial charge in [0, 0.05) is 0 Å². The van der Waals surface area contributed by atoms with Crippen LogP contribution in [0.25, 0.3) is 0 Å². The van der Waals surface area contributed by atoms with E-state index in [0.29, 0.717) is 0 Å². The van der Waals surface area contributed by atoms with Crippen molar-refractivity contribution < 1.29 is 64.2 Å². The molecule has 1 radical (unpaired) electrons. The zero-order chi connectivity index (χ0) is 4.28. The van der Waals surface area contributed by atoms with Gasteiger partial charge >= 0.3 is 23.0 Å². The Bertz CT molecular complexity index is 55.1. The first kappa shape index (κ1) is 32.9. The Hall–Kier alpha value is 0.819. The largest absolute Gasteiger partial charge is 3.00 e. The maximum absolute atomic E-state index is 9.24. The molecule has 0 unspecified atom stereocenters. The van der Waals surface area contributed by atoms with Gasteiger partial charge in [-0.15, -0.1) is 0 Å². The van der Waals surface area contributed by atoms with E-state index in [1.807, 2.05) is 0 Å². The van der Waals surface area contributed by atoms with Crippen molar-refractivity contribution in [3.63, 3.8) is 0 Å². The Morgan fingerprint density at radius 3 is 1.44 bits per heavy atom. The second kappa shape index (κ2) is 23.2. The molecular weight excluding hydrogens is 232 g/mol. The minimum absolute atomic E-state index is 0. The van der Waals surface area contributed by atoms with E-state index >= 15 is 0 Å². The van der Waals surface area contributed by atoms with E-state index in [1.54, 1.807) is 0 Å². The predicted octanol–water partition coefficient (Wildman–Crippen LogP) is -9.96. The summed E-state index contributed by atoms with van der Waals surface area (Å²) < 4.78 is 0. The third kappa shape index (κ3) is 51.6. The SMILES string of the molecule is NCC(=O)O.[Cl-].[Cl-].[Cl-].[Fe+3]. The second-order valence-corrected chi connectivity index (χ2v) is 0.598. The molecule has 0 amide bonds. The Morgan fingerprint density at radius 2 is 1.44 bits per heavy atom. The molecular formula is C2H5Cl3FeNO2. The summed E-state index contributed by atoms with van der Waals surface area (Å²) >= 11 is 0. The molecule has 9 heavy (non-hydrogen) atoms. The summed E-state index contributed by atoms with van der Waals surface area (Å²) in [7, 11) is 0. The van der Waals surface area contributed by atoms with E-state index in [9.17, 15) is 4.79 Å². The van der Waals surface area contributed by atoms with Crippen molar-refractivity contribution in [3.8, 4) is 0 Å². The Balaban J connectivity index is -0.0000000133. The fraction of sp³-hybridized carbons (Fsp3) is 0.500. The van der Waals surface area contributed by atoms with Crippen LogP contribution in [-0.2, 0) is 21.9 Å². The molecule has 0 aliphatic heterocycles.